The van der Waals surface area contributed by atoms with Crippen LogP contribution < -0.4 is 5.43 Å². The minimum absolute atomic E-state index is 0.0242. The van der Waals surface area contributed by atoms with Crippen molar-refractivity contribution in [2.24, 2.45) is 5.10 Å². The number of nitriles is 1. The molecule has 0 atom stereocenters. The van der Waals surface area contributed by atoms with Crippen molar-refractivity contribution in [1.82, 2.24) is 5.16 Å². The van der Waals surface area contributed by atoms with Crippen LogP contribution in [-0.2, 0) is 5.41 Å². The second-order valence-corrected chi connectivity index (χ2v) is 6.78. The van der Waals surface area contributed by atoms with E-state index in [1.807, 2.05) is 20.8 Å². The first-order chi connectivity index (χ1) is 11.2. The third-order valence-electron chi connectivity index (χ3n) is 3.02. The lowest BCUT2D eigenvalue weighted by Crippen LogP contribution is -2.15. The van der Waals surface area contributed by atoms with Crippen LogP contribution in [0.15, 0.2) is 33.9 Å². The average molecular weight is 365 g/mol. The first-order valence-corrected chi connectivity index (χ1v) is 7.68. The van der Waals surface area contributed by atoms with Gasteiger partial charge in [0.15, 0.2) is 5.69 Å². The van der Waals surface area contributed by atoms with Gasteiger partial charge in [-0.05, 0) is 18.2 Å². The molecule has 124 valence electrons. The summed E-state index contributed by atoms with van der Waals surface area (Å²) in [4.78, 5) is 12.3. The molecule has 1 heterocycles. The number of nitrogens with one attached hydrogen (secondary N) is 1. The summed E-state index contributed by atoms with van der Waals surface area (Å²) in [5, 5.41) is 17.4. The molecule has 0 aliphatic heterocycles. The van der Waals surface area contributed by atoms with Gasteiger partial charge in [0.2, 0.25) is 11.5 Å². The maximum atomic E-state index is 12.3. The highest BCUT2D eigenvalue weighted by Gasteiger charge is 2.24. The van der Waals surface area contributed by atoms with Crippen LogP contribution in [0.2, 0.25) is 10.0 Å². The van der Waals surface area contributed by atoms with Crippen LogP contribution in [0, 0.1) is 11.3 Å². The third-order valence-corrected chi connectivity index (χ3v) is 3.76. The highest BCUT2D eigenvalue weighted by molar-refractivity contribution is 6.51. The van der Waals surface area contributed by atoms with Gasteiger partial charge < -0.3 is 4.52 Å². The number of hydrogen-bond acceptors (Lipinski definition) is 6. The van der Waals surface area contributed by atoms with E-state index in [9.17, 15) is 4.79 Å². The number of ketones is 1. The Morgan fingerprint density at radius 1 is 1.29 bits per heavy atom. The van der Waals surface area contributed by atoms with E-state index in [0.717, 1.165) is 0 Å². The number of carbonyl (C=O) groups is 1. The number of anilines is 1. The predicted molar refractivity (Wildman–Crippen MR) is 92.7 cm³/mol. The molecule has 0 unspecified atom stereocenters. The van der Waals surface area contributed by atoms with E-state index in [-0.39, 0.29) is 16.8 Å². The monoisotopic (exact) mass is 364 g/mol. The molecular weight excluding hydrogens is 351 g/mol. The average Bonchev–Trinajstić information content (AvgIpc) is 3.01. The highest BCUT2D eigenvalue weighted by Crippen LogP contribution is 2.25. The molecule has 2 rings (SSSR count). The Hall–Kier alpha value is -2.36. The maximum absolute atomic E-state index is 12.3. The number of nitrogens with zero attached hydrogens (tertiary/aromatic N) is 3. The predicted octanol–water partition coefficient (Wildman–Crippen LogP) is 4.45. The van der Waals surface area contributed by atoms with E-state index >= 15 is 0 Å². The number of halogens is 2. The summed E-state index contributed by atoms with van der Waals surface area (Å²) in [7, 11) is 0. The maximum Gasteiger partial charge on any atom is 0.245 e. The van der Waals surface area contributed by atoms with Crippen molar-refractivity contribution in [2.75, 3.05) is 5.43 Å². The van der Waals surface area contributed by atoms with Gasteiger partial charge in [-0.25, -0.2) is 0 Å². The number of Topliss-reactive ketones (excluding diaryl/α,β-unsaturated/α-hetero) is 1. The summed E-state index contributed by atoms with van der Waals surface area (Å²) in [5.41, 5.74) is 2.46. The highest BCUT2D eigenvalue weighted by atomic mass is 35.5. The van der Waals surface area contributed by atoms with Gasteiger partial charge in [-0.2, -0.15) is 10.4 Å². The Labute approximate surface area is 149 Å². The molecule has 0 bridgehead atoms. The third kappa shape index (κ3) is 4.13. The number of benzene rings is 1. The molecule has 1 aromatic heterocycles. The Bertz CT molecular complexity index is 844. The lowest BCUT2D eigenvalue weighted by Gasteiger charge is -2.11. The summed E-state index contributed by atoms with van der Waals surface area (Å²) in [6, 6.07) is 7.97. The summed E-state index contributed by atoms with van der Waals surface area (Å²) >= 11 is 11.7. The van der Waals surface area contributed by atoms with Gasteiger partial charge in [-0.1, -0.05) is 49.1 Å². The van der Waals surface area contributed by atoms with Crippen molar-refractivity contribution in [3.8, 4) is 6.07 Å². The first-order valence-electron chi connectivity index (χ1n) is 6.93. The molecule has 1 aromatic carbocycles. The standard InChI is InChI=1S/C16H14Cl2N4O2/c1-16(2,3)14-7-12(22-24-14)15(23)13(8-19)21-20-9-4-5-10(17)11(18)6-9/h4-7,20H,1-3H3/b21-13+. The molecule has 0 radical (unpaired) electrons. The number of hydrogen-bond donors (Lipinski definition) is 1. The smallest absolute Gasteiger partial charge is 0.245 e. The summed E-state index contributed by atoms with van der Waals surface area (Å²) in [6.45, 7) is 5.77. The zero-order valence-electron chi connectivity index (χ0n) is 13.2. The summed E-state index contributed by atoms with van der Waals surface area (Å²) in [5.74, 6) is -0.0927. The van der Waals surface area contributed by atoms with E-state index in [4.69, 9.17) is 33.0 Å². The quantitative estimate of drug-likeness (QED) is 0.491. The van der Waals surface area contributed by atoms with E-state index in [0.29, 0.717) is 21.5 Å². The van der Waals surface area contributed by atoms with Crippen molar-refractivity contribution in [1.29, 1.82) is 5.26 Å². The minimum atomic E-state index is -0.635. The Morgan fingerprint density at radius 2 is 2.00 bits per heavy atom. The fourth-order valence-electron chi connectivity index (χ4n) is 1.67. The van der Waals surface area contributed by atoms with Gasteiger partial charge in [0, 0.05) is 11.5 Å². The minimum Gasteiger partial charge on any atom is -0.360 e. The van der Waals surface area contributed by atoms with Crippen molar-refractivity contribution >= 4 is 40.4 Å². The number of rotatable bonds is 4. The first kappa shape index (κ1) is 18.0. The van der Waals surface area contributed by atoms with Gasteiger partial charge in [0.05, 0.1) is 15.7 Å². The number of carbonyl (C=O) groups excluding carboxylic acids is 1. The fraction of sp³-hybridized carbons (Fsp3) is 0.250. The van der Waals surface area contributed by atoms with Crippen LogP contribution in [-0.4, -0.2) is 16.7 Å². The van der Waals surface area contributed by atoms with E-state index < -0.39 is 5.78 Å². The zero-order valence-corrected chi connectivity index (χ0v) is 14.7. The van der Waals surface area contributed by atoms with Crippen molar-refractivity contribution in [3.05, 3.63) is 45.8 Å². The molecule has 0 fully saturated rings. The van der Waals surface area contributed by atoms with E-state index in [2.05, 4.69) is 15.7 Å². The molecule has 6 nitrogen and oxygen atoms in total. The number of hydrazone groups is 1. The number of aromatic nitrogens is 1. The molecule has 0 saturated heterocycles. The molecule has 0 aliphatic carbocycles. The van der Waals surface area contributed by atoms with Gasteiger partial charge in [0.25, 0.3) is 0 Å². The molecule has 8 heteroatoms. The van der Waals surface area contributed by atoms with Gasteiger partial charge >= 0.3 is 0 Å². The lowest BCUT2D eigenvalue weighted by atomic mass is 9.93. The Morgan fingerprint density at radius 3 is 2.54 bits per heavy atom. The summed E-state index contributed by atoms with van der Waals surface area (Å²) in [6.07, 6.45) is 0. The topological polar surface area (TPSA) is 91.3 Å². The van der Waals surface area contributed by atoms with Crippen molar-refractivity contribution in [2.45, 2.75) is 26.2 Å². The molecule has 0 spiro atoms. The summed E-state index contributed by atoms with van der Waals surface area (Å²) < 4.78 is 5.15. The van der Waals surface area contributed by atoms with Gasteiger partial charge in [0.1, 0.15) is 11.8 Å². The van der Waals surface area contributed by atoms with Crippen LogP contribution in [0.25, 0.3) is 0 Å². The molecule has 1 N–H and O–H groups in total. The molecular formula is C16H14Cl2N4O2. The lowest BCUT2D eigenvalue weighted by molar-refractivity contribution is 0.105. The second kappa shape index (κ2) is 7.04. The zero-order chi connectivity index (χ0) is 17.9. The van der Waals surface area contributed by atoms with Crippen LogP contribution in [0.1, 0.15) is 37.0 Å². The molecule has 2 aromatic rings. The molecule has 0 saturated carbocycles. The van der Waals surface area contributed by atoms with Gasteiger partial charge in [-0.15, -0.1) is 0 Å². The molecule has 0 aliphatic rings. The van der Waals surface area contributed by atoms with Crippen LogP contribution in [0.3, 0.4) is 0 Å². The SMILES string of the molecule is CC(C)(C)c1cc(C(=O)/C(C#N)=N/Nc2ccc(Cl)c(Cl)c2)no1. The van der Waals surface area contributed by atoms with Crippen LogP contribution in [0.4, 0.5) is 5.69 Å². The Balaban J connectivity index is 2.21. The van der Waals surface area contributed by atoms with Crippen LogP contribution >= 0.6 is 23.2 Å². The van der Waals surface area contributed by atoms with Crippen molar-refractivity contribution in [3.63, 3.8) is 0 Å². The molecule has 0 amide bonds. The van der Waals surface area contributed by atoms with Gasteiger partial charge in [-0.3, -0.25) is 10.2 Å². The molecule has 24 heavy (non-hydrogen) atoms. The fourth-order valence-corrected chi connectivity index (χ4v) is 1.97. The second-order valence-electron chi connectivity index (χ2n) is 5.97. The Kier molecular flexibility index (Phi) is 5.27. The van der Waals surface area contributed by atoms with Crippen molar-refractivity contribution < 1.29 is 9.32 Å². The van der Waals surface area contributed by atoms with Crippen LogP contribution in [0.5, 0.6) is 0 Å². The van der Waals surface area contributed by atoms with E-state index in [1.165, 1.54) is 12.1 Å². The largest absolute Gasteiger partial charge is 0.360 e. The van der Waals surface area contributed by atoms with E-state index in [1.54, 1.807) is 18.2 Å². The normalized spacial score (nSPS) is 11.9.